The van der Waals surface area contributed by atoms with E-state index in [4.69, 9.17) is 4.74 Å². The van der Waals surface area contributed by atoms with E-state index in [1.165, 1.54) is 0 Å². The van der Waals surface area contributed by atoms with Crippen molar-refractivity contribution in [3.63, 3.8) is 0 Å². The molecule has 0 radical (unpaired) electrons. The number of hydrogen-bond donors (Lipinski definition) is 3. The zero-order chi connectivity index (χ0) is 21.3. The van der Waals surface area contributed by atoms with E-state index in [1.807, 2.05) is 56.5 Å². The van der Waals surface area contributed by atoms with Crippen LogP contribution in [0.1, 0.15) is 39.1 Å². The van der Waals surface area contributed by atoms with Gasteiger partial charge < -0.3 is 19.9 Å². The first-order valence-corrected chi connectivity index (χ1v) is 9.71. The van der Waals surface area contributed by atoms with E-state index in [-0.39, 0.29) is 0 Å². The molecule has 1 amide bonds. The number of aliphatic imine (C=N–C) groups is 1. The molecule has 0 spiro atoms. The van der Waals surface area contributed by atoms with Crippen molar-refractivity contribution in [3.05, 3.63) is 42.0 Å². The summed E-state index contributed by atoms with van der Waals surface area (Å²) < 4.78 is 7.23. The second-order valence-corrected chi connectivity index (χ2v) is 7.46. The zero-order valence-corrected chi connectivity index (χ0v) is 17.8. The van der Waals surface area contributed by atoms with Crippen molar-refractivity contribution in [2.75, 3.05) is 18.9 Å². The number of carbonyl (C=O) groups excluding carboxylic acids is 1. The number of amides is 1. The summed E-state index contributed by atoms with van der Waals surface area (Å²) in [4.78, 5) is 16.0. The van der Waals surface area contributed by atoms with Crippen LogP contribution < -0.4 is 16.0 Å². The topological polar surface area (TPSA) is 105 Å². The Kier molecular flexibility index (Phi) is 7.99. The van der Waals surface area contributed by atoms with Gasteiger partial charge in [0, 0.05) is 25.8 Å². The molecule has 0 aliphatic heterocycles. The van der Waals surface area contributed by atoms with Crippen molar-refractivity contribution >= 4 is 17.7 Å². The molecule has 9 heteroatoms. The number of anilines is 1. The lowest BCUT2D eigenvalue weighted by molar-refractivity contribution is 0.0636. The Morgan fingerprint density at radius 2 is 1.93 bits per heavy atom. The third-order valence-electron chi connectivity index (χ3n) is 3.98. The Balaban J connectivity index is 1.75. The maximum absolute atomic E-state index is 11.8. The third-order valence-corrected chi connectivity index (χ3v) is 3.98. The fraction of sp³-hybridized carbons (Fsp3) is 0.500. The molecule has 9 nitrogen and oxygen atoms in total. The minimum Gasteiger partial charge on any atom is -0.444 e. The van der Waals surface area contributed by atoms with Crippen molar-refractivity contribution in [2.24, 2.45) is 4.99 Å². The second-order valence-electron chi connectivity index (χ2n) is 7.46. The predicted octanol–water partition coefficient (Wildman–Crippen LogP) is 2.55. The average Bonchev–Trinajstić information content (AvgIpc) is 3.12. The highest BCUT2D eigenvalue weighted by atomic mass is 16.6. The van der Waals surface area contributed by atoms with Gasteiger partial charge >= 0.3 is 6.09 Å². The maximum atomic E-state index is 11.8. The number of carbonyl (C=O) groups is 1. The van der Waals surface area contributed by atoms with E-state index >= 15 is 0 Å². The van der Waals surface area contributed by atoms with Gasteiger partial charge in [0.15, 0.2) is 11.8 Å². The first-order chi connectivity index (χ1) is 13.8. The van der Waals surface area contributed by atoms with Crippen LogP contribution in [-0.2, 0) is 24.2 Å². The highest BCUT2D eigenvalue weighted by Crippen LogP contribution is 2.13. The highest BCUT2D eigenvalue weighted by molar-refractivity contribution is 5.84. The van der Waals surface area contributed by atoms with Crippen LogP contribution in [0.4, 0.5) is 10.5 Å². The third kappa shape index (κ3) is 7.81. The van der Waals surface area contributed by atoms with Crippen LogP contribution >= 0.6 is 0 Å². The molecule has 2 aromatic rings. The van der Waals surface area contributed by atoms with E-state index in [0.29, 0.717) is 18.2 Å². The Labute approximate surface area is 172 Å². The lowest BCUT2D eigenvalue weighted by atomic mass is 10.1. The van der Waals surface area contributed by atoms with Gasteiger partial charge in [-0.3, -0.25) is 10.3 Å². The molecule has 0 aliphatic rings. The number of aromatic nitrogens is 3. The van der Waals surface area contributed by atoms with Gasteiger partial charge in [0.2, 0.25) is 0 Å². The first kappa shape index (κ1) is 22.2. The predicted molar refractivity (Wildman–Crippen MR) is 114 cm³/mol. The van der Waals surface area contributed by atoms with Crippen molar-refractivity contribution < 1.29 is 9.53 Å². The number of guanidine groups is 1. The van der Waals surface area contributed by atoms with Crippen LogP contribution in [0.25, 0.3) is 0 Å². The number of nitrogens with zero attached hydrogens (tertiary/aromatic N) is 4. The number of hydrogen-bond acceptors (Lipinski definition) is 5. The summed E-state index contributed by atoms with van der Waals surface area (Å²) in [6, 6.07) is 7.69. The molecule has 0 atom stereocenters. The fourth-order valence-corrected chi connectivity index (χ4v) is 2.56. The molecular formula is C20H31N7O2. The summed E-state index contributed by atoms with van der Waals surface area (Å²) in [5.41, 5.74) is 1.33. The van der Waals surface area contributed by atoms with Crippen LogP contribution in [0.5, 0.6) is 0 Å². The number of ether oxygens (including phenoxy) is 1. The first-order valence-electron chi connectivity index (χ1n) is 9.71. The van der Waals surface area contributed by atoms with Gasteiger partial charge in [0.25, 0.3) is 0 Å². The molecule has 0 saturated carbocycles. The fourth-order valence-electron chi connectivity index (χ4n) is 2.56. The highest BCUT2D eigenvalue weighted by Gasteiger charge is 2.16. The van der Waals surface area contributed by atoms with E-state index in [2.05, 4.69) is 31.1 Å². The van der Waals surface area contributed by atoms with Crippen LogP contribution in [0.2, 0.25) is 0 Å². The molecule has 3 N–H and O–H groups in total. The van der Waals surface area contributed by atoms with Crippen LogP contribution in [0.15, 0.2) is 35.6 Å². The minimum absolute atomic E-state index is 0.458. The van der Waals surface area contributed by atoms with Gasteiger partial charge in [-0.2, -0.15) is 0 Å². The molecular weight excluding hydrogens is 370 g/mol. The molecule has 29 heavy (non-hydrogen) atoms. The van der Waals surface area contributed by atoms with Crippen molar-refractivity contribution in [1.82, 2.24) is 25.4 Å². The smallest absolute Gasteiger partial charge is 0.412 e. The van der Waals surface area contributed by atoms with E-state index < -0.39 is 11.7 Å². The van der Waals surface area contributed by atoms with Crippen molar-refractivity contribution in [3.8, 4) is 0 Å². The van der Waals surface area contributed by atoms with Gasteiger partial charge in [0.05, 0.1) is 6.54 Å². The van der Waals surface area contributed by atoms with Gasteiger partial charge in [-0.15, -0.1) is 10.2 Å². The van der Waals surface area contributed by atoms with Gasteiger partial charge in [0.1, 0.15) is 11.9 Å². The summed E-state index contributed by atoms with van der Waals surface area (Å²) in [5, 5.41) is 17.3. The molecule has 1 aromatic heterocycles. The SMILES string of the molecule is CCn1cnnc1CNC(=NC)NCCc1ccc(NC(=O)OC(C)(C)C)cc1. The lowest BCUT2D eigenvalue weighted by Crippen LogP contribution is -2.38. The summed E-state index contributed by atoms with van der Waals surface area (Å²) in [6.07, 6.45) is 2.08. The van der Waals surface area contributed by atoms with Crippen molar-refractivity contribution in [2.45, 2.75) is 52.8 Å². The summed E-state index contributed by atoms with van der Waals surface area (Å²) >= 11 is 0. The average molecular weight is 402 g/mol. The second kappa shape index (κ2) is 10.4. The monoisotopic (exact) mass is 401 g/mol. The van der Waals surface area contributed by atoms with E-state index in [9.17, 15) is 4.79 Å². The molecule has 0 saturated heterocycles. The molecule has 0 unspecified atom stereocenters. The number of rotatable bonds is 7. The molecule has 1 heterocycles. The molecule has 0 bridgehead atoms. The Morgan fingerprint density at radius 1 is 1.21 bits per heavy atom. The number of nitrogens with one attached hydrogen (secondary N) is 3. The van der Waals surface area contributed by atoms with Crippen LogP contribution in [0.3, 0.4) is 0 Å². The quantitative estimate of drug-likeness (QED) is 0.486. The minimum atomic E-state index is -0.519. The van der Waals surface area contributed by atoms with Gasteiger partial charge in [-0.05, 0) is 51.8 Å². The molecule has 2 rings (SSSR count). The standard InChI is InChI=1S/C20H31N7O2/c1-6-27-14-24-26-17(27)13-23-18(21-5)22-12-11-15-7-9-16(10-8-15)25-19(28)29-20(2,3)4/h7-10,14H,6,11-13H2,1-5H3,(H,25,28)(H2,21,22,23). The summed E-state index contributed by atoms with van der Waals surface area (Å²) in [7, 11) is 1.73. The largest absolute Gasteiger partial charge is 0.444 e. The number of aryl methyl sites for hydroxylation is 1. The lowest BCUT2D eigenvalue weighted by Gasteiger charge is -2.19. The Hall–Kier alpha value is -3.10. The van der Waals surface area contributed by atoms with Crippen LogP contribution in [0, 0.1) is 0 Å². The Bertz CT molecular complexity index is 807. The van der Waals surface area contributed by atoms with Gasteiger partial charge in [-0.25, -0.2) is 4.79 Å². The molecule has 158 valence electrons. The maximum Gasteiger partial charge on any atom is 0.412 e. The molecule has 0 aliphatic carbocycles. The number of benzene rings is 1. The van der Waals surface area contributed by atoms with E-state index in [0.717, 1.165) is 30.9 Å². The van der Waals surface area contributed by atoms with Gasteiger partial charge in [-0.1, -0.05) is 12.1 Å². The van der Waals surface area contributed by atoms with Crippen LogP contribution in [-0.4, -0.2) is 46.0 Å². The summed E-state index contributed by atoms with van der Waals surface area (Å²) in [5.74, 6) is 1.57. The Morgan fingerprint density at radius 3 is 2.55 bits per heavy atom. The summed E-state index contributed by atoms with van der Waals surface area (Å²) in [6.45, 7) is 9.65. The normalized spacial score (nSPS) is 11.8. The van der Waals surface area contributed by atoms with Crippen molar-refractivity contribution in [1.29, 1.82) is 0 Å². The molecule has 1 aromatic carbocycles. The zero-order valence-electron chi connectivity index (χ0n) is 17.8. The molecule has 0 fully saturated rings. The van der Waals surface area contributed by atoms with E-state index in [1.54, 1.807) is 13.4 Å².